The van der Waals surface area contributed by atoms with Gasteiger partial charge in [-0.15, -0.1) is 0 Å². The maximum Gasteiger partial charge on any atom is 0.133 e. The van der Waals surface area contributed by atoms with Crippen LogP contribution >= 0.6 is 0 Å². The van der Waals surface area contributed by atoms with E-state index in [1.54, 1.807) is 6.26 Å². The number of carbonyl (C=O) groups is 1. The van der Waals surface area contributed by atoms with Crippen molar-refractivity contribution in [1.29, 1.82) is 0 Å². The molecule has 0 unspecified atom stereocenters. The topological polar surface area (TPSA) is 42.2 Å². The zero-order valence-corrected chi connectivity index (χ0v) is 8.71. The average molecular weight is 205 g/mol. The predicted octanol–water partition coefficient (Wildman–Crippen LogP) is 1.76. The Bertz CT molecular complexity index is 384. The summed E-state index contributed by atoms with van der Waals surface area (Å²) in [6.45, 7) is 1.00. The van der Waals surface area contributed by atoms with Crippen LogP contribution in [0.15, 0.2) is 16.7 Å². The van der Waals surface area contributed by atoms with E-state index in [-0.39, 0.29) is 5.54 Å². The van der Waals surface area contributed by atoms with Gasteiger partial charge in [0.1, 0.15) is 11.5 Å². The van der Waals surface area contributed by atoms with Gasteiger partial charge < -0.3 is 9.73 Å². The molecule has 0 amide bonds. The lowest BCUT2D eigenvalue weighted by Gasteiger charge is -2.39. The van der Waals surface area contributed by atoms with Gasteiger partial charge in [0.15, 0.2) is 0 Å². The van der Waals surface area contributed by atoms with Crippen LogP contribution in [0.2, 0.25) is 0 Å². The second-order valence-electron chi connectivity index (χ2n) is 4.57. The van der Waals surface area contributed by atoms with Crippen molar-refractivity contribution >= 4 is 5.78 Å². The maximum absolute atomic E-state index is 11.3. The molecular formula is C12H15NO2. The molecule has 0 radical (unpaired) electrons. The van der Waals surface area contributed by atoms with E-state index in [0.717, 1.165) is 31.6 Å². The van der Waals surface area contributed by atoms with E-state index in [4.69, 9.17) is 4.42 Å². The summed E-state index contributed by atoms with van der Waals surface area (Å²) in [5, 5.41) is 3.55. The summed E-state index contributed by atoms with van der Waals surface area (Å²) >= 11 is 0. The number of ketones is 1. The average Bonchev–Trinajstić information content (AvgIpc) is 2.72. The molecule has 1 saturated carbocycles. The van der Waals surface area contributed by atoms with E-state index in [9.17, 15) is 4.79 Å². The third-order valence-electron chi connectivity index (χ3n) is 3.70. The molecule has 1 aliphatic heterocycles. The fraction of sp³-hybridized carbons (Fsp3) is 0.583. The van der Waals surface area contributed by atoms with Crippen LogP contribution in [0, 0.1) is 0 Å². The van der Waals surface area contributed by atoms with Crippen LogP contribution in [0.3, 0.4) is 0 Å². The number of hydrogen-bond acceptors (Lipinski definition) is 3. The molecule has 1 aromatic rings. The van der Waals surface area contributed by atoms with Gasteiger partial charge in [-0.2, -0.15) is 0 Å². The highest BCUT2D eigenvalue weighted by atomic mass is 16.3. The molecule has 80 valence electrons. The Kier molecular flexibility index (Phi) is 1.96. The van der Waals surface area contributed by atoms with Crippen molar-refractivity contribution in [2.75, 3.05) is 6.54 Å². The molecule has 0 aromatic carbocycles. The molecule has 1 aromatic heterocycles. The standard InChI is InChI=1S/C12H15NO2/c14-10-1-5-12(6-2-10)11-9(3-7-13-12)4-8-15-11/h4,8,13H,1-3,5-7H2. The van der Waals surface area contributed by atoms with Crippen molar-refractivity contribution < 1.29 is 9.21 Å². The maximum atomic E-state index is 11.3. The van der Waals surface area contributed by atoms with Gasteiger partial charge in [0, 0.05) is 19.4 Å². The minimum absolute atomic E-state index is 0.0367. The van der Waals surface area contributed by atoms with E-state index in [0.29, 0.717) is 18.6 Å². The van der Waals surface area contributed by atoms with Gasteiger partial charge in [-0.25, -0.2) is 0 Å². The van der Waals surface area contributed by atoms with E-state index in [1.807, 2.05) is 0 Å². The first-order valence-corrected chi connectivity index (χ1v) is 5.64. The fourth-order valence-corrected chi connectivity index (χ4v) is 2.83. The van der Waals surface area contributed by atoms with Crippen LogP contribution in [0.1, 0.15) is 37.0 Å². The number of hydrogen-bond donors (Lipinski definition) is 1. The molecule has 2 aliphatic rings. The highest BCUT2D eigenvalue weighted by molar-refractivity contribution is 5.79. The molecule has 0 atom stereocenters. The van der Waals surface area contributed by atoms with Crippen LogP contribution in [0.4, 0.5) is 0 Å². The summed E-state index contributed by atoms with van der Waals surface area (Å²) in [6, 6.07) is 2.06. The molecule has 3 heteroatoms. The molecule has 0 bridgehead atoms. The number of carbonyl (C=O) groups excluding carboxylic acids is 1. The summed E-state index contributed by atoms with van der Waals surface area (Å²) in [7, 11) is 0. The summed E-state index contributed by atoms with van der Waals surface area (Å²) in [4.78, 5) is 11.3. The highest BCUT2D eigenvalue weighted by Crippen LogP contribution is 2.40. The quantitative estimate of drug-likeness (QED) is 0.701. The molecule has 1 fully saturated rings. The van der Waals surface area contributed by atoms with Crippen molar-refractivity contribution in [1.82, 2.24) is 5.32 Å². The van der Waals surface area contributed by atoms with Crippen LogP contribution < -0.4 is 5.32 Å². The van der Waals surface area contributed by atoms with E-state index >= 15 is 0 Å². The summed E-state index contributed by atoms with van der Waals surface area (Å²) in [5.74, 6) is 1.47. The number of furan rings is 1. The third kappa shape index (κ3) is 1.34. The number of Topliss-reactive ketones (excluding diaryl/α,β-unsaturated/α-hetero) is 1. The van der Waals surface area contributed by atoms with Gasteiger partial charge >= 0.3 is 0 Å². The molecule has 3 rings (SSSR count). The second kappa shape index (κ2) is 3.20. The van der Waals surface area contributed by atoms with Crippen molar-refractivity contribution in [3.8, 4) is 0 Å². The van der Waals surface area contributed by atoms with Gasteiger partial charge in [-0.3, -0.25) is 4.79 Å². The smallest absolute Gasteiger partial charge is 0.133 e. The molecule has 2 heterocycles. The second-order valence-corrected chi connectivity index (χ2v) is 4.57. The van der Waals surface area contributed by atoms with Crippen LogP contribution in [-0.2, 0) is 16.8 Å². The molecule has 1 N–H and O–H groups in total. The lowest BCUT2D eigenvalue weighted by atomic mass is 9.76. The van der Waals surface area contributed by atoms with Crippen molar-refractivity contribution in [3.63, 3.8) is 0 Å². The van der Waals surface area contributed by atoms with Gasteiger partial charge in [-0.05, 0) is 30.9 Å². The Labute approximate surface area is 88.8 Å². The fourth-order valence-electron chi connectivity index (χ4n) is 2.83. The first-order valence-electron chi connectivity index (χ1n) is 5.64. The summed E-state index contributed by atoms with van der Waals surface area (Å²) in [6.07, 6.45) is 5.98. The molecule has 1 spiro atoms. The molecule has 1 aliphatic carbocycles. The molecule has 0 saturated heterocycles. The van der Waals surface area contributed by atoms with Crippen molar-refractivity contribution in [3.05, 3.63) is 23.7 Å². The van der Waals surface area contributed by atoms with Crippen LogP contribution in [0.5, 0.6) is 0 Å². The predicted molar refractivity (Wildman–Crippen MR) is 55.6 cm³/mol. The Hall–Kier alpha value is -1.09. The van der Waals surface area contributed by atoms with Crippen molar-refractivity contribution in [2.45, 2.75) is 37.6 Å². The summed E-state index contributed by atoms with van der Waals surface area (Å²) in [5.41, 5.74) is 1.29. The van der Waals surface area contributed by atoms with Gasteiger partial charge in [0.25, 0.3) is 0 Å². The minimum atomic E-state index is -0.0367. The van der Waals surface area contributed by atoms with Crippen LogP contribution in [0.25, 0.3) is 0 Å². The lowest BCUT2D eigenvalue weighted by Crippen LogP contribution is -2.49. The Morgan fingerprint density at radius 3 is 2.87 bits per heavy atom. The molecule has 3 nitrogen and oxygen atoms in total. The van der Waals surface area contributed by atoms with E-state index in [2.05, 4.69) is 11.4 Å². The first-order chi connectivity index (χ1) is 7.30. The Morgan fingerprint density at radius 1 is 1.27 bits per heavy atom. The largest absolute Gasteiger partial charge is 0.467 e. The Morgan fingerprint density at radius 2 is 2.07 bits per heavy atom. The van der Waals surface area contributed by atoms with Gasteiger partial charge in [0.2, 0.25) is 0 Å². The first kappa shape index (κ1) is 9.16. The van der Waals surface area contributed by atoms with Gasteiger partial charge in [0.05, 0.1) is 11.8 Å². The summed E-state index contributed by atoms with van der Waals surface area (Å²) < 4.78 is 5.61. The molecular weight excluding hydrogens is 190 g/mol. The number of rotatable bonds is 0. The Balaban J connectivity index is 1.97. The van der Waals surface area contributed by atoms with Gasteiger partial charge in [-0.1, -0.05) is 0 Å². The normalized spacial score (nSPS) is 24.1. The van der Waals surface area contributed by atoms with Crippen molar-refractivity contribution in [2.24, 2.45) is 0 Å². The monoisotopic (exact) mass is 205 g/mol. The third-order valence-corrected chi connectivity index (χ3v) is 3.70. The lowest BCUT2D eigenvalue weighted by molar-refractivity contribution is -0.121. The minimum Gasteiger partial charge on any atom is -0.467 e. The zero-order chi connectivity index (χ0) is 10.3. The SMILES string of the molecule is O=C1CCC2(CC1)NCCc1ccoc12. The number of nitrogens with one attached hydrogen (secondary N) is 1. The highest BCUT2D eigenvalue weighted by Gasteiger charge is 2.41. The van der Waals surface area contributed by atoms with E-state index in [1.165, 1.54) is 5.56 Å². The molecule has 15 heavy (non-hydrogen) atoms. The van der Waals surface area contributed by atoms with Crippen LogP contribution in [-0.4, -0.2) is 12.3 Å². The van der Waals surface area contributed by atoms with E-state index < -0.39 is 0 Å². The number of fused-ring (bicyclic) bond motifs is 2. The zero-order valence-electron chi connectivity index (χ0n) is 8.71.